The van der Waals surface area contributed by atoms with Gasteiger partial charge in [-0.2, -0.15) is 5.10 Å². The van der Waals surface area contributed by atoms with Crippen LogP contribution in [0, 0.1) is 6.92 Å². The number of aromatic carboxylic acids is 1. The van der Waals surface area contributed by atoms with Crippen molar-refractivity contribution in [3.05, 3.63) is 29.5 Å². The maximum Gasteiger partial charge on any atom is 0.354 e. The van der Waals surface area contributed by atoms with Gasteiger partial charge in [0.2, 0.25) is 0 Å². The van der Waals surface area contributed by atoms with Crippen LogP contribution in [0.5, 0.6) is 0 Å². The van der Waals surface area contributed by atoms with Crippen LogP contribution >= 0.6 is 0 Å². The van der Waals surface area contributed by atoms with E-state index in [-0.39, 0.29) is 11.7 Å². The normalized spacial score (nSPS) is 11.2. The molecule has 0 fully saturated rings. The molecule has 4 heteroatoms. The van der Waals surface area contributed by atoms with E-state index in [2.05, 4.69) is 5.10 Å². The number of fused-ring (bicyclic) bond motifs is 1. The van der Waals surface area contributed by atoms with Crippen molar-refractivity contribution in [3.8, 4) is 0 Å². The Hall–Kier alpha value is -1.84. The van der Waals surface area contributed by atoms with Gasteiger partial charge < -0.3 is 5.11 Å². The molecule has 0 saturated carbocycles. The van der Waals surface area contributed by atoms with Crippen molar-refractivity contribution in [1.82, 2.24) is 9.78 Å². The number of aryl methyl sites for hydroxylation is 1. The minimum atomic E-state index is -0.925. The summed E-state index contributed by atoms with van der Waals surface area (Å²) in [7, 11) is 0. The molecule has 16 heavy (non-hydrogen) atoms. The highest BCUT2D eigenvalue weighted by Crippen LogP contribution is 2.24. The molecule has 1 aromatic heterocycles. The van der Waals surface area contributed by atoms with E-state index < -0.39 is 5.97 Å². The van der Waals surface area contributed by atoms with E-state index >= 15 is 0 Å². The van der Waals surface area contributed by atoms with Crippen LogP contribution in [0.1, 0.15) is 35.9 Å². The highest BCUT2D eigenvalue weighted by atomic mass is 16.4. The number of carbonyl (C=O) groups is 1. The zero-order valence-corrected chi connectivity index (χ0v) is 9.56. The molecular formula is C12H14N2O2. The summed E-state index contributed by atoms with van der Waals surface area (Å²) >= 11 is 0. The molecule has 0 aliphatic rings. The second-order valence-electron chi connectivity index (χ2n) is 4.16. The average Bonchev–Trinajstić information content (AvgIpc) is 2.58. The first-order valence-electron chi connectivity index (χ1n) is 5.23. The van der Waals surface area contributed by atoms with Crippen LogP contribution in [-0.2, 0) is 0 Å². The molecule has 0 unspecified atom stereocenters. The largest absolute Gasteiger partial charge is 0.477 e. The third-order valence-electron chi connectivity index (χ3n) is 2.62. The van der Waals surface area contributed by atoms with Crippen molar-refractivity contribution in [2.75, 3.05) is 0 Å². The molecule has 84 valence electrons. The number of benzene rings is 1. The molecule has 0 spiro atoms. The van der Waals surface area contributed by atoms with Crippen LogP contribution in [0.2, 0.25) is 0 Å². The predicted molar refractivity (Wildman–Crippen MR) is 61.8 cm³/mol. The zero-order chi connectivity index (χ0) is 11.9. The van der Waals surface area contributed by atoms with Gasteiger partial charge >= 0.3 is 5.97 Å². The summed E-state index contributed by atoms with van der Waals surface area (Å²) in [4.78, 5) is 11.3. The van der Waals surface area contributed by atoms with E-state index in [0.29, 0.717) is 0 Å². The van der Waals surface area contributed by atoms with Gasteiger partial charge in [0.1, 0.15) is 0 Å². The minimum Gasteiger partial charge on any atom is -0.477 e. The monoisotopic (exact) mass is 218 g/mol. The zero-order valence-electron chi connectivity index (χ0n) is 9.56. The molecule has 1 heterocycles. The van der Waals surface area contributed by atoms with E-state index in [1.807, 2.05) is 39.0 Å². The fourth-order valence-electron chi connectivity index (χ4n) is 1.90. The van der Waals surface area contributed by atoms with Crippen LogP contribution < -0.4 is 0 Å². The molecule has 1 N–H and O–H groups in total. The lowest BCUT2D eigenvalue weighted by molar-refractivity contribution is 0.0683. The average molecular weight is 218 g/mol. The van der Waals surface area contributed by atoms with Crippen LogP contribution in [0.4, 0.5) is 0 Å². The number of rotatable bonds is 2. The Labute approximate surface area is 93.5 Å². The van der Waals surface area contributed by atoms with Crippen LogP contribution in [0.15, 0.2) is 18.2 Å². The van der Waals surface area contributed by atoms with Gasteiger partial charge in [-0.15, -0.1) is 0 Å². The Balaban J connectivity index is 2.88. The Bertz CT molecular complexity index is 555. The topological polar surface area (TPSA) is 55.1 Å². The lowest BCUT2D eigenvalue weighted by atomic mass is 10.1. The lowest BCUT2D eigenvalue weighted by Gasteiger charge is -2.07. The van der Waals surface area contributed by atoms with Crippen molar-refractivity contribution < 1.29 is 9.90 Å². The third-order valence-corrected chi connectivity index (χ3v) is 2.62. The van der Waals surface area contributed by atoms with Crippen LogP contribution in [-0.4, -0.2) is 20.9 Å². The van der Waals surface area contributed by atoms with Gasteiger partial charge in [0.15, 0.2) is 5.69 Å². The van der Waals surface area contributed by atoms with Gasteiger partial charge in [-0.1, -0.05) is 12.1 Å². The molecule has 0 atom stereocenters. The summed E-state index contributed by atoms with van der Waals surface area (Å²) in [5.41, 5.74) is 1.97. The Kier molecular flexibility index (Phi) is 2.42. The van der Waals surface area contributed by atoms with E-state index in [1.165, 1.54) is 0 Å². The first-order valence-corrected chi connectivity index (χ1v) is 5.23. The molecule has 0 amide bonds. The summed E-state index contributed by atoms with van der Waals surface area (Å²) in [6, 6.07) is 5.67. The maximum absolute atomic E-state index is 11.3. The Morgan fingerprint density at radius 3 is 2.69 bits per heavy atom. The van der Waals surface area contributed by atoms with Gasteiger partial charge in [0.05, 0.1) is 5.52 Å². The van der Waals surface area contributed by atoms with Crippen molar-refractivity contribution in [1.29, 1.82) is 0 Å². The van der Waals surface area contributed by atoms with Crippen LogP contribution in [0.3, 0.4) is 0 Å². The summed E-state index contributed by atoms with van der Waals surface area (Å²) in [5.74, 6) is -0.925. The molecule has 0 aliphatic heterocycles. The Morgan fingerprint density at radius 2 is 2.12 bits per heavy atom. The molecule has 0 aliphatic carbocycles. The molecule has 4 nitrogen and oxygen atoms in total. The summed E-state index contributed by atoms with van der Waals surface area (Å²) in [6.45, 7) is 5.75. The summed E-state index contributed by atoms with van der Waals surface area (Å²) in [5, 5.41) is 14.3. The Morgan fingerprint density at radius 1 is 1.44 bits per heavy atom. The molecule has 2 rings (SSSR count). The third kappa shape index (κ3) is 1.46. The van der Waals surface area contributed by atoms with Crippen molar-refractivity contribution in [2.24, 2.45) is 0 Å². The van der Waals surface area contributed by atoms with E-state index in [1.54, 1.807) is 4.68 Å². The van der Waals surface area contributed by atoms with Crippen molar-refractivity contribution >= 4 is 16.9 Å². The number of hydrogen-bond acceptors (Lipinski definition) is 2. The quantitative estimate of drug-likeness (QED) is 0.843. The number of nitrogens with zero attached hydrogens (tertiary/aromatic N) is 2. The van der Waals surface area contributed by atoms with Crippen LogP contribution in [0.25, 0.3) is 10.9 Å². The molecule has 0 bridgehead atoms. The van der Waals surface area contributed by atoms with E-state index in [9.17, 15) is 9.90 Å². The molecule has 0 saturated heterocycles. The second kappa shape index (κ2) is 3.63. The van der Waals surface area contributed by atoms with Crippen molar-refractivity contribution in [3.63, 3.8) is 0 Å². The molecule has 0 radical (unpaired) electrons. The fraction of sp³-hybridized carbons (Fsp3) is 0.333. The first-order chi connectivity index (χ1) is 7.52. The summed E-state index contributed by atoms with van der Waals surface area (Å²) in [6.07, 6.45) is 0. The number of carboxylic acids is 1. The lowest BCUT2D eigenvalue weighted by Crippen LogP contribution is -2.12. The maximum atomic E-state index is 11.3. The number of hydrogen-bond donors (Lipinski definition) is 1. The van der Waals surface area contributed by atoms with Crippen molar-refractivity contribution in [2.45, 2.75) is 26.8 Å². The van der Waals surface area contributed by atoms with E-state index in [4.69, 9.17) is 0 Å². The van der Waals surface area contributed by atoms with Gasteiger partial charge in [0.25, 0.3) is 0 Å². The second-order valence-corrected chi connectivity index (χ2v) is 4.16. The standard InChI is InChI=1S/C12H14N2O2/c1-7(2)14-11(12(15)16)10-8(3)5-4-6-9(10)13-14/h4-7H,1-3H3,(H,15,16). The molecule has 2 aromatic rings. The van der Waals surface area contributed by atoms with Gasteiger partial charge in [0, 0.05) is 11.4 Å². The highest BCUT2D eigenvalue weighted by molar-refractivity contribution is 6.02. The number of aromatic nitrogens is 2. The first kappa shape index (κ1) is 10.7. The van der Waals surface area contributed by atoms with E-state index in [0.717, 1.165) is 16.5 Å². The smallest absolute Gasteiger partial charge is 0.354 e. The summed E-state index contributed by atoms with van der Waals surface area (Å²) < 4.78 is 1.57. The highest BCUT2D eigenvalue weighted by Gasteiger charge is 2.20. The van der Waals surface area contributed by atoms with Gasteiger partial charge in [-0.05, 0) is 32.4 Å². The SMILES string of the molecule is Cc1cccc2nn(C(C)C)c(C(=O)O)c12. The fourth-order valence-corrected chi connectivity index (χ4v) is 1.90. The minimum absolute atomic E-state index is 0.0397. The number of carboxylic acid groups (broad SMARTS) is 1. The van der Waals surface area contributed by atoms with Gasteiger partial charge in [-0.3, -0.25) is 4.68 Å². The predicted octanol–water partition coefficient (Wildman–Crippen LogP) is 2.62. The molecular weight excluding hydrogens is 204 g/mol. The van der Waals surface area contributed by atoms with Gasteiger partial charge in [-0.25, -0.2) is 4.79 Å². The molecule has 1 aromatic carbocycles.